The van der Waals surface area contributed by atoms with Crippen molar-refractivity contribution in [3.63, 3.8) is 0 Å². The first-order valence-corrected chi connectivity index (χ1v) is 1.80. The second kappa shape index (κ2) is 20.2. The summed E-state index contributed by atoms with van der Waals surface area (Å²) >= 11 is 6.44. The van der Waals surface area contributed by atoms with Crippen molar-refractivity contribution < 1.29 is 39.4 Å². The van der Waals surface area contributed by atoms with Gasteiger partial charge in [0.15, 0.2) is 0 Å². The first-order valence-electron chi connectivity index (χ1n) is 0.200. The van der Waals surface area contributed by atoms with Crippen LogP contribution in [0.3, 0.4) is 0 Å². The quantitative estimate of drug-likeness (QED) is 0.337. The van der Waals surface area contributed by atoms with Crippen molar-refractivity contribution in [1.29, 1.82) is 0 Å². The molecule has 4 heteroatoms. The molecule has 0 aromatic carbocycles. The normalized spacial score (nSPS) is 1.50. The molecule has 0 saturated heterocycles. The third-order valence-corrected chi connectivity index (χ3v) is 0. The molecule has 0 aliphatic rings. The first kappa shape index (κ1) is 16.7. The molecule has 0 spiro atoms. The van der Waals surface area contributed by atoms with E-state index in [0.29, 0.717) is 0 Å². The molecule has 0 nitrogen and oxygen atoms in total. The second-order valence-corrected chi connectivity index (χ2v) is 0. The molecular weight excluding hydrogens is 221 g/mol. The standard InChI is InChI=1S/Cu.Nb.H2S2/c;;1-2/h;;1-2H. The van der Waals surface area contributed by atoms with Crippen LogP contribution >= 0.6 is 23.3 Å². The Morgan fingerprint density at radius 3 is 1.00 bits per heavy atom. The minimum Gasteiger partial charge on any atom is -0.115 e. The zero-order valence-corrected chi connectivity index (χ0v) is 6.57. The zero-order chi connectivity index (χ0) is 2.00. The Hall–Kier alpha value is 1.96. The number of hydrogen-bond acceptors (Lipinski definition) is 2. The summed E-state index contributed by atoms with van der Waals surface area (Å²) in [5, 5.41) is 0. The molecule has 0 N–H and O–H groups in total. The van der Waals surface area contributed by atoms with E-state index in [2.05, 4.69) is 23.3 Å². The summed E-state index contributed by atoms with van der Waals surface area (Å²) in [6.45, 7) is 0. The third kappa shape index (κ3) is 9.03. The van der Waals surface area contributed by atoms with E-state index in [1.165, 1.54) is 0 Å². The van der Waals surface area contributed by atoms with Crippen molar-refractivity contribution in [3.8, 4) is 0 Å². The number of hydrogen-bond donors (Lipinski definition) is 2. The van der Waals surface area contributed by atoms with Gasteiger partial charge in [0.05, 0.1) is 0 Å². The van der Waals surface area contributed by atoms with Crippen LogP contribution in [0.4, 0.5) is 0 Å². The van der Waals surface area contributed by atoms with Gasteiger partial charge >= 0.3 is 0 Å². The minimum atomic E-state index is 0. The van der Waals surface area contributed by atoms with Crippen molar-refractivity contribution in [1.82, 2.24) is 0 Å². The smallest absolute Gasteiger partial charge is 0 e. The maximum atomic E-state index is 3.22. The van der Waals surface area contributed by atoms with Gasteiger partial charge in [0.2, 0.25) is 0 Å². The molecule has 0 heterocycles. The van der Waals surface area contributed by atoms with Crippen molar-refractivity contribution in [2.75, 3.05) is 0 Å². The summed E-state index contributed by atoms with van der Waals surface area (Å²) in [5.74, 6) is 0. The van der Waals surface area contributed by atoms with Gasteiger partial charge in [0.1, 0.15) is 0 Å². The van der Waals surface area contributed by atoms with Crippen LogP contribution in [-0.4, -0.2) is 0 Å². The van der Waals surface area contributed by atoms with Crippen LogP contribution in [0.15, 0.2) is 0 Å². The molecule has 0 unspecified atom stereocenters. The maximum absolute atomic E-state index is 3.22. The van der Waals surface area contributed by atoms with Crippen LogP contribution in [0.25, 0.3) is 0 Å². The Morgan fingerprint density at radius 1 is 1.00 bits per heavy atom. The van der Waals surface area contributed by atoms with Crippen molar-refractivity contribution >= 4 is 23.3 Å². The van der Waals surface area contributed by atoms with E-state index in [1.807, 2.05) is 0 Å². The monoisotopic (exact) mass is 222 g/mol. The van der Waals surface area contributed by atoms with Gasteiger partial charge in [-0.2, -0.15) is 0 Å². The van der Waals surface area contributed by atoms with E-state index in [1.54, 1.807) is 0 Å². The minimum absolute atomic E-state index is 0. The Labute approximate surface area is 62.3 Å². The van der Waals surface area contributed by atoms with Crippen LogP contribution in [0.5, 0.6) is 0 Å². The van der Waals surface area contributed by atoms with Gasteiger partial charge in [0.25, 0.3) is 0 Å². The van der Waals surface area contributed by atoms with Crippen LogP contribution in [0, 0.1) is 0 Å². The molecule has 2 radical (unpaired) electrons. The van der Waals surface area contributed by atoms with Gasteiger partial charge in [-0.1, -0.05) is 0 Å². The Kier molecular flexibility index (Phi) is 84.7. The molecule has 0 atom stereocenters. The number of rotatable bonds is 0. The molecule has 0 amide bonds. The van der Waals surface area contributed by atoms with Crippen molar-refractivity contribution in [2.45, 2.75) is 0 Å². The first-order chi connectivity index (χ1) is 1.00. The molecule has 0 aliphatic heterocycles. The van der Waals surface area contributed by atoms with E-state index < -0.39 is 0 Å². The van der Waals surface area contributed by atoms with E-state index in [0.717, 1.165) is 0 Å². The molecule has 0 aromatic rings. The molecule has 0 aliphatic carbocycles. The average Bonchev–Trinajstić information content (AvgIpc) is 1.00. The van der Waals surface area contributed by atoms with Gasteiger partial charge in [-0.25, -0.2) is 0 Å². The average molecular weight is 223 g/mol. The van der Waals surface area contributed by atoms with Gasteiger partial charge in [-0.3, -0.25) is 0 Å². The molecule has 30 valence electrons. The van der Waals surface area contributed by atoms with Gasteiger partial charge < -0.3 is 0 Å². The maximum Gasteiger partial charge on any atom is 0 e. The molecule has 0 fully saturated rings. The molecular formula is H2CuNbS2. The number of thiol groups is 2. The van der Waals surface area contributed by atoms with Crippen LogP contribution in [0.2, 0.25) is 0 Å². The topological polar surface area (TPSA) is 0 Å². The van der Waals surface area contributed by atoms with Crippen LogP contribution < -0.4 is 0 Å². The molecule has 0 saturated carbocycles. The van der Waals surface area contributed by atoms with Crippen LogP contribution in [0.1, 0.15) is 0 Å². The van der Waals surface area contributed by atoms with E-state index in [9.17, 15) is 0 Å². The van der Waals surface area contributed by atoms with Gasteiger partial charge in [-0.05, 0) is 0 Å². The fourth-order valence-electron chi connectivity index (χ4n) is 0. The van der Waals surface area contributed by atoms with E-state index >= 15 is 0 Å². The van der Waals surface area contributed by atoms with Crippen LogP contribution in [-0.2, 0) is 39.4 Å². The molecule has 0 rings (SSSR count). The summed E-state index contributed by atoms with van der Waals surface area (Å²) in [4.78, 5) is 0. The predicted octanol–water partition coefficient (Wildman–Crippen LogP) is 0.756. The van der Waals surface area contributed by atoms with Gasteiger partial charge in [-0.15, -0.1) is 23.3 Å². The largest absolute Gasteiger partial charge is 0.115 e. The molecule has 0 aromatic heterocycles. The second-order valence-electron chi connectivity index (χ2n) is 0. The fourth-order valence-corrected chi connectivity index (χ4v) is 0. The summed E-state index contributed by atoms with van der Waals surface area (Å²) in [7, 11) is 0. The van der Waals surface area contributed by atoms with Gasteiger partial charge in [0, 0.05) is 39.4 Å². The Balaban J connectivity index is -0.00000000500. The Morgan fingerprint density at radius 2 is 1.00 bits per heavy atom. The summed E-state index contributed by atoms with van der Waals surface area (Å²) in [5.41, 5.74) is 0. The summed E-state index contributed by atoms with van der Waals surface area (Å²) < 4.78 is 0. The zero-order valence-electron chi connectivity index (χ0n) is 1.64. The van der Waals surface area contributed by atoms with E-state index in [4.69, 9.17) is 0 Å². The third-order valence-electron chi connectivity index (χ3n) is 0. The molecule has 4 heavy (non-hydrogen) atoms. The van der Waals surface area contributed by atoms with E-state index in [-0.39, 0.29) is 39.4 Å². The van der Waals surface area contributed by atoms with Crippen molar-refractivity contribution in [3.05, 3.63) is 0 Å². The predicted molar refractivity (Wildman–Crippen MR) is 18.0 cm³/mol. The Bertz CT molecular complexity index is 6.00. The SMILES string of the molecule is SS.[Cu].[Nb]. The fraction of sp³-hybridized carbons (Fsp3) is 0. The van der Waals surface area contributed by atoms with Crippen molar-refractivity contribution in [2.24, 2.45) is 0 Å². The summed E-state index contributed by atoms with van der Waals surface area (Å²) in [6.07, 6.45) is 0. The summed E-state index contributed by atoms with van der Waals surface area (Å²) in [6, 6.07) is 0. The molecule has 0 bridgehead atoms.